The second-order valence-electron chi connectivity index (χ2n) is 0.665. The van der Waals surface area contributed by atoms with Crippen molar-refractivity contribution in [2.45, 2.75) is 0 Å². The van der Waals surface area contributed by atoms with Gasteiger partial charge in [-0.3, -0.25) is 0 Å². The van der Waals surface area contributed by atoms with Gasteiger partial charge in [-0.1, -0.05) is 6.08 Å². The lowest BCUT2D eigenvalue weighted by molar-refractivity contribution is -0.117. The van der Waals surface area contributed by atoms with E-state index in [-0.39, 0.29) is 6.61 Å². The second-order valence-corrected chi connectivity index (χ2v) is 0.665. The van der Waals surface area contributed by atoms with Crippen molar-refractivity contribution >= 4 is 11.6 Å². The third kappa shape index (κ3) is 113. The van der Waals surface area contributed by atoms with Crippen LogP contribution < -0.4 is 0 Å². The molecular formula is C5H10ClF3O. The zero-order chi connectivity index (χ0) is 8.83. The quantitative estimate of drug-likeness (QED) is 0.467. The molecule has 0 atom stereocenters. The molecule has 0 aromatic rings. The van der Waals surface area contributed by atoms with Crippen LogP contribution in [0, 0.1) is 0 Å². The lowest BCUT2D eigenvalue weighted by atomic mass is 10.7. The van der Waals surface area contributed by atoms with E-state index < -0.39 is 6.93 Å². The summed E-state index contributed by atoms with van der Waals surface area (Å²) in [6, 6.07) is 0. The number of alkyl halides is 3. The van der Waals surface area contributed by atoms with Crippen LogP contribution in [0.25, 0.3) is 0 Å². The van der Waals surface area contributed by atoms with Crippen molar-refractivity contribution in [3.63, 3.8) is 0 Å². The molecule has 0 aliphatic rings. The number of halogens is 4. The molecule has 0 aliphatic heterocycles. The van der Waals surface area contributed by atoms with Crippen molar-refractivity contribution in [1.82, 2.24) is 0 Å². The first-order valence-electron chi connectivity index (χ1n) is 2.17. The molecule has 0 radical (unpaired) electrons. The summed E-state index contributed by atoms with van der Waals surface area (Å²) in [5.74, 6) is 0. The fourth-order valence-electron chi connectivity index (χ4n) is 0.0445. The average molecular weight is 179 g/mol. The molecule has 0 saturated carbocycles. The third-order valence-electron chi connectivity index (χ3n) is 0.181. The van der Waals surface area contributed by atoms with E-state index in [0.717, 1.165) is 0 Å². The molecule has 0 unspecified atom stereocenters. The minimum atomic E-state index is -1.75. The Kier molecular flexibility index (Phi) is 61.0. The molecule has 0 aromatic carbocycles. The Morgan fingerprint density at radius 2 is 1.80 bits per heavy atom. The van der Waals surface area contributed by atoms with Gasteiger partial charge in [-0.25, -0.2) is 8.78 Å². The summed E-state index contributed by atoms with van der Waals surface area (Å²) < 4.78 is 29.7. The minimum Gasteiger partial charge on any atom is -0.214 e. The van der Waals surface area contributed by atoms with Gasteiger partial charge in [0.15, 0.2) is 0 Å². The Morgan fingerprint density at radius 1 is 1.50 bits per heavy atom. The highest BCUT2D eigenvalue weighted by molar-refractivity contribution is 6.15. The summed E-state index contributed by atoms with van der Waals surface area (Å²) in [6.07, 6.45) is 2.81. The molecule has 0 aromatic heterocycles. The summed E-state index contributed by atoms with van der Waals surface area (Å²) in [5, 5.41) is 0. The first kappa shape index (κ1) is 16.4. The molecule has 0 aliphatic carbocycles. The predicted molar refractivity (Wildman–Crippen MR) is 36.1 cm³/mol. The second kappa shape index (κ2) is 37.2. The molecule has 64 valence electrons. The van der Waals surface area contributed by atoms with E-state index >= 15 is 0 Å². The van der Waals surface area contributed by atoms with Crippen LogP contribution in [0.5, 0.6) is 0 Å². The maximum absolute atomic E-state index is 10.4. The molecule has 0 N–H and O–H groups in total. The van der Waals surface area contributed by atoms with E-state index in [9.17, 15) is 13.3 Å². The fourth-order valence-corrected chi connectivity index (χ4v) is 0.0445. The standard InChI is InChI=1S/C3H5FO.CH3Cl.CH2F2/c1-2-3-5-4;1-2;2-1-3/h2H,1,3H2;1H3;1H2. The maximum Gasteiger partial charge on any atom is 0.229 e. The molecule has 10 heavy (non-hydrogen) atoms. The molecule has 1 nitrogen and oxygen atoms in total. The van der Waals surface area contributed by atoms with Crippen molar-refractivity contribution in [3.8, 4) is 0 Å². The third-order valence-corrected chi connectivity index (χ3v) is 0.181. The van der Waals surface area contributed by atoms with Crippen LogP contribution in [0.2, 0.25) is 0 Å². The van der Waals surface area contributed by atoms with Gasteiger partial charge in [0.05, 0.1) is 0 Å². The molecule has 0 saturated heterocycles. The highest BCUT2D eigenvalue weighted by atomic mass is 35.5. The van der Waals surface area contributed by atoms with E-state index in [1.807, 2.05) is 0 Å². The summed E-state index contributed by atoms with van der Waals surface area (Å²) >= 11 is 4.64. The zero-order valence-electron chi connectivity index (χ0n) is 5.62. The van der Waals surface area contributed by atoms with Gasteiger partial charge in [-0.2, -0.15) is 4.94 Å². The molecule has 0 amide bonds. The van der Waals surface area contributed by atoms with Gasteiger partial charge in [-0.15, -0.1) is 18.2 Å². The van der Waals surface area contributed by atoms with E-state index in [1.54, 1.807) is 0 Å². The summed E-state index contributed by atoms with van der Waals surface area (Å²) in [6.45, 7) is 1.42. The van der Waals surface area contributed by atoms with Crippen molar-refractivity contribution in [3.05, 3.63) is 12.7 Å². The van der Waals surface area contributed by atoms with Gasteiger partial charge < -0.3 is 0 Å². The fraction of sp³-hybridized carbons (Fsp3) is 0.600. The van der Waals surface area contributed by atoms with Gasteiger partial charge >= 0.3 is 0 Å². The van der Waals surface area contributed by atoms with Crippen molar-refractivity contribution in [2.75, 3.05) is 19.9 Å². The largest absolute Gasteiger partial charge is 0.229 e. The average Bonchev–Trinajstić information content (AvgIpc) is 1.96. The Morgan fingerprint density at radius 3 is 1.80 bits per heavy atom. The maximum atomic E-state index is 10.4. The van der Waals surface area contributed by atoms with Gasteiger partial charge in [0.1, 0.15) is 6.61 Å². The van der Waals surface area contributed by atoms with Crippen LogP contribution >= 0.6 is 11.6 Å². The summed E-state index contributed by atoms with van der Waals surface area (Å²) in [4.78, 5) is 3.07. The Bertz CT molecular complexity index is 45.9. The minimum absolute atomic E-state index is 0.0139. The van der Waals surface area contributed by atoms with Gasteiger partial charge in [-0.05, 0) is 4.53 Å². The predicted octanol–water partition coefficient (Wildman–Crippen LogP) is 2.81. The SMILES string of the molecule is C=CCOF.CCl.FCF. The van der Waals surface area contributed by atoms with Crippen molar-refractivity contribution < 1.29 is 18.2 Å². The van der Waals surface area contributed by atoms with Gasteiger partial charge in [0.25, 0.3) is 0 Å². The molecule has 0 fully saturated rings. The van der Waals surface area contributed by atoms with Crippen LogP contribution in [-0.2, 0) is 4.94 Å². The lowest BCUT2D eigenvalue weighted by Crippen LogP contribution is -1.70. The van der Waals surface area contributed by atoms with E-state index in [0.29, 0.717) is 0 Å². The Labute approximate surface area is 63.3 Å². The Balaban J connectivity index is -0.0000000847. The first-order valence-corrected chi connectivity index (χ1v) is 2.93. The zero-order valence-corrected chi connectivity index (χ0v) is 6.37. The van der Waals surface area contributed by atoms with Crippen LogP contribution in [-0.4, -0.2) is 19.9 Å². The van der Waals surface area contributed by atoms with Gasteiger partial charge in [0, 0.05) is 6.38 Å². The number of rotatable bonds is 2. The first-order chi connectivity index (χ1) is 4.83. The smallest absolute Gasteiger partial charge is 0.214 e. The Hall–Kier alpha value is -0.220. The molecule has 5 heteroatoms. The summed E-state index contributed by atoms with van der Waals surface area (Å²) in [5.41, 5.74) is 0. The van der Waals surface area contributed by atoms with E-state index in [4.69, 9.17) is 0 Å². The van der Waals surface area contributed by atoms with Crippen LogP contribution in [0.15, 0.2) is 12.7 Å². The summed E-state index contributed by atoms with van der Waals surface area (Å²) in [7, 11) is 0. The van der Waals surface area contributed by atoms with Crippen LogP contribution in [0.4, 0.5) is 13.3 Å². The van der Waals surface area contributed by atoms with Crippen LogP contribution in [0.3, 0.4) is 0 Å². The van der Waals surface area contributed by atoms with Gasteiger partial charge in [0.2, 0.25) is 6.93 Å². The number of hydrogen-bond donors (Lipinski definition) is 0. The van der Waals surface area contributed by atoms with Crippen molar-refractivity contribution in [2.24, 2.45) is 0 Å². The highest BCUT2D eigenvalue weighted by Gasteiger charge is 1.63. The number of hydrogen-bond acceptors (Lipinski definition) is 1. The normalized spacial score (nSPS) is 6.10. The van der Waals surface area contributed by atoms with E-state index in [2.05, 4.69) is 23.1 Å². The van der Waals surface area contributed by atoms with Crippen LogP contribution in [0.1, 0.15) is 0 Å². The molecule has 0 bridgehead atoms. The molecule has 0 spiro atoms. The monoisotopic (exact) mass is 178 g/mol. The highest BCUT2D eigenvalue weighted by Crippen LogP contribution is 1.68. The molecular weight excluding hydrogens is 169 g/mol. The molecule has 0 rings (SSSR count). The van der Waals surface area contributed by atoms with E-state index in [1.165, 1.54) is 12.5 Å². The topological polar surface area (TPSA) is 9.23 Å². The lowest BCUT2D eigenvalue weighted by Gasteiger charge is -1.72. The van der Waals surface area contributed by atoms with Crippen molar-refractivity contribution in [1.29, 1.82) is 0 Å². The molecule has 0 heterocycles.